The van der Waals surface area contributed by atoms with Gasteiger partial charge in [-0.3, -0.25) is 9.69 Å². The Morgan fingerprint density at radius 2 is 2.27 bits per heavy atom. The molecule has 0 aromatic carbocycles. The highest BCUT2D eigenvalue weighted by atomic mass is 16.5. The Labute approximate surface area is 91.9 Å². The number of nitrogens with zero attached hydrogens (tertiary/aromatic N) is 1. The van der Waals surface area contributed by atoms with E-state index in [-0.39, 0.29) is 12.0 Å². The molecule has 0 aliphatic rings. The second-order valence-corrected chi connectivity index (χ2v) is 3.51. The van der Waals surface area contributed by atoms with Gasteiger partial charge in [-0.1, -0.05) is 0 Å². The van der Waals surface area contributed by atoms with Crippen LogP contribution in [-0.2, 0) is 9.53 Å². The van der Waals surface area contributed by atoms with Crippen LogP contribution in [0.25, 0.3) is 0 Å². The van der Waals surface area contributed by atoms with Crippen molar-refractivity contribution in [1.82, 2.24) is 10.2 Å². The van der Waals surface area contributed by atoms with E-state index in [1.54, 1.807) is 7.05 Å². The fourth-order valence-electron chi connectivity index (χ4n) is 1.27. The molecule has 0 fully saturated rings. The predicted octanol–water partition coefficient (Wildman–Crippen LogP) is -0.582. The Morgan fingerprint density at radius 3 is 2.73 bits per heavy atom. The van der Waals surface area contributed by atoms with Crippen molar-refractivity contribution < 1.29 is 9.53 Å². The van der Waals surface area contributed by atoms with Gasteiger partial charge in [0.2, 0.25) is 5.91 Å². The molecular formula is C10H23N3O2. The highest BCUT2D eigenvalue weighted by Gasteiger charge is 2.09. The fourth-order valence-corrected chi connectivity index (χ4v) is 1.27. The monoisotopic (exact) mass is 217 g/mol. The van der Waals surface area contributed by atoms with E-state index in [1.165, 1.54) is 0 Å². The number of nitrogens with two attached hydrogens (primary N) is 1. The summed E-state index contributed by atoms with van der Waals surface area (Å²) in [6.45, 7) is 4.40. The number of likely N-dealkylation sites (N-methyl/N-ethyl adjacent to an activating group) is 2. The Morgan fingerprint density at radius 1 is 1.60 bits per heavy atom. The molecule has 0 spiro atoms. The third-order valence-electron chi connectivity index (χ3n) is 2.19. The molecule has 0 aliphatic heterocycles. The van der Waals surface area contributed by atoms with E-state index in [0.29, 0.717) is 19.7 Å². The summed E-state index contributed by atoms with van der Waals surface area (Å²) in [5.74, 6) is 0.0261. The summed E-state index contributed by atoms with van der Waals surface area (Å²) in [7, 11) is 3.55. The molecule has 0 rings (SSSR count). The lowest BCUT2D eigenvalue weighted by Crippen LogP contribution is -2.36. The van der Waals surface area contributed by atoms with Gasteiger partial charge >= 0.3 is 0 Å². The van der Waals surface area contributed by atoms with E-state index in [4.69, 9.17) is 10.5 Å². The average Bonchev–Trinajstić information content (AvgIpc) is 2.23. The van der Waals surface area contributed by atoms with Crippen LogP contribution in [0.15, 0.2) is 0 Å². The topological polar surface area (TPSA) is 67.6 Å². The maximum atomic E-state index is 11.1. The number of amides is 1. The van der Waals surface area contributed by atoms with Gasteiger partial charge in [-0.05, 0) is 20.4 Å². The second-order valence-electron chi connectivity index (χ2n) is 3.51. The summed E-state index contributed by atoms with van der Waals surface area (Å²) in [4.78, 5) is 13.0. The van der Waals surface area contributed by atoms with Crippen LogP contribution >= 0.6 is 0 Å². The maximum Gasteiger partial charge on any atom is 0.233 e. The minimum absolute atomic E-state index is 0.0261. The molecule has 0 aliphatic carbocycles. The number of carbonyl (C=O) groups excluding carboxylic acids is 1. The molecule has 0 aromatic rings. The van der Waals surface area contributed by atoms with Gasteiger partial charge in [-0.2, -0.15) is 0 Å². The van der Waals surface area contributed by atoms with Crippen LogP contribution < -0.4 is 11.1 Å². The van der Waals surface area contributed by atoms with E-state index >= 15 is 0 Å². The minimum atomic E-state index is 0.0261. The zero-order valence-electron chi connectivity index (χ0n) is 9.95. The normalized spacial score (nSPS) is 12.9. The van der Waals surface area contributed by atoms with Gasteiger partial charge in [-0.25, -0.2) is 0 Å². The average molecular weight is 217 g/mol. The number of hydrogen-bond acceptors (Lipinski definition) is 4. The van der Waals surface area contributed by atoms with Gasteiger partial charge in [-0.15, -0.1) is 0 Å². The second kappa shape index (κ2) is 8.64. The molecular weight excluding hydrogens is 194 g/mol. The van der Waals surface area contributed by atoms with Crippen LogP contribution in [0.5, 0.6) is 0 Å². The van der Waals surface area contributed by atoms with Crippen LogP contribution in [0.2, 0.25) is 0 Å². The van der Waals surface area contributed by atoms with Gasteiger partial charge in [0, 0.05) is 26.7 Å². The van der Waals surface area contributed by atoms with Gasteiger partial charge in [0.15, 0.2) is 0 Å². The lowest BCUT2D eigenvalue weighted by molar-refractivity contribution is -0.121. The molecule has 1 atom stereocenters. The molecule has 15 heavy (non-hydrogen) atoms. The Balaban J connectivity index is 3.67. The maximum absolute atomic E-state index is 11.1. The number of carbonyl (C=O) groups is 1. The highest BCUT2D eigenvalue weighted by Crippen LogP contribution is 1.98. The third kappa shape index (κ3) is 7.30. The molecule has 1 unspecified atom stereocenters. The molecule has 0 bridgehead atoms. The van der Waals surface area contributed by atoms with E-state index in [2.05, 4.69) is 5.32 Å². The van der Waals surface area contributed by atoms with Gasteiger partial charge in [0.1, 0.15) is 0 Å². The van der Waals surface area contributed by atoms with Crippen molar-refractivity contribution in [3.8, 4) is 0 Å². The van der Waals surface area contributed by atoms with Crippen molar-refractivity contribution in [3.63, 3.8) is 0 Å². The van der Waals surface area contributed by atoms with Crippen molar-refractivity contribution in [3.05, 3.63) is 0 Å². The quantitative estimate of drug-likeness (QED) is 0.571. The van der Waals surface area contributed by atoms with Gasteiger partial charge < -0.3 is 15.8 Å². The van der Waals surface area contributed by atoms with E-state index < -0.39 is 0 Å². The first-order chi connectivity index (χ1) is 7.13. The molecule has 0 saturated carbocycles. The molecule has 5 heteroatoms. The first-order valence-electron chi connectivity index (χ1n) is 5.34. The summed E-state index contributed by atoms with van der Waals surface area (Å²) < 4.78 is 5.42. The SMILES string of the molecule is CCOC(CN)CCN(C)CC(=O)NC. The molecule has 90 valence electrons. The standard InChI is InChI=1S/C10H23N3O2/c1-4-15-9(7-11)5-6-13(3)8-10(14)12-2/h9H,4-8,11H2,1-3H3,(H,12,14). The number of rotatable bonds is 8. The first-order valence-corrected chi connectivity index (χ1v) is 5.34. The minimum Gasteiger partial charge on any atom is -0.377 e. The highest BCUT2D eigenvalue weighted by molar-refractivity contribution is 5.77. The van der Waals surface area contributed by atoms with Gasteiger partial charge in [0.05, 0.1) is 12.6 Å². The molecule has 3 N–H and O–H groups in total. The Kier molecular flexibility index (Phi) is 8.27. The third-order valence-corrected chi connectivity index (χ3v) is 2.19. The Hall–Kier alpha value is -0.650. The summed E-state index contributed by atoms with van der Waals surface area (Å²) >= 11 is 0. The Bertz CT molecular complexity index is 176. The smallest absolute Gasteiger partial charge is 0.233 e. The molecule has 5 nitrogen and oxygen atoms in total. The summed E-state index contributed by atoms with van der Waals surface area (Å²) in [5.41, 5.74) is 5.55. The molecule has 0 heterocycles. The van der Waals surface area contributed by atoms with Crippen LogP contribution in [0, 0.1) is 0 Å². The van der Waals surface area contributed by atoms with Crippen molar-refractivity contribution >= 4 is 5.91 Å². The summed E-state index contributed by atoms with van der Waals surface area (Å²) in [6.07, 6.45) is 0.958. The summed E-state index contributed by atoms with van der Waals surface area (Å²) in [6, 6.07) is 0. The van der Waals surface area contributed by atoms with Crippen LogP contribution in [0.1, 0.15) is 13.3 Å². The molecule has 0 saturated heterocycles. The zero-order chi connectivity index (χ0) is 11.7. The molecule has 1 amide bonds. The van der Waals surface area contributed by atoms with Gasteiger partial charge in [0.25, 0.3) is 0 Å². The number of hydrogen-bond donors (Lipinski definition) is 2. The molecule has 0 aromatic heterocycles. The molecule has 0 radical (unpaired) electrons. The zero-order valence-corrected chi connectivity index (χ0v) is 9.95. The number of ether oxygens (including phenoxy) is 1. The van der Waals surface area contributed by atoms with Crippen LogP contribution in [-0.4, -0.2) is 57.2 Å². The van der Waals surface area contributed by atoms with Crippen molar-refractivity contribution in [2.75, 3.05) is 40.3 Å². The fraction of sp³-hybridized carbons (Fsp3) is 0.900. The van der Waals surface area contributed by atoms with Crippen LogP contribution in [0.4, 0.5) is 0 Å². The lowest BCUT2D eigenvalue weighted by Gasteiger charge is -2.19. The van der Waals surface area contributed by atoms with Crippen molar-refractivity contribution in [1.29, 1.82) is 0 Å². The lowest BCUT2D eigenvalue weighted by atomic mass is 10.2. The summed E-state index contributed by atoms with van der Waals surface area (Å²) in [5, 5.41) is 2.59. The predicted molar refractivity (Wildman–Crippen MR) is 60.6 cm³/mol. The van der Waals surface area contributed by atoms with Crippen molar-refractivity contribution in [2.24, 2.45) is 5.73 Å². The largest absolute Gasteiger partial charge is 0.377 e. The van der Waals surface area contributed by atoms with Crippen molar-refractivity contribution in [2.45, 2.75) is 19.4 Å². The van der Waals surface area contributed by atoms with E-state index in [1.807, 2.05) is 18.9 Å². The van der Waals surface area contributed by atoms with E-state index in [9.17, 15) is 4.79 Å². The first kappa shape index (κ1) is 14.3. The van der Waals surface area contributed by atoms with Crippen LogP contribution in [0.3, 0.4) is 0 Å². The number of nitrogens with one attached hydrogen (secondary N) is 1. The van der Waals surface area contributed by atoms with E-state index in [0.717, 1.165) is 13.0 Å².